The minimum atomic E-state index is -3.36. The number of hydrogen-bond donors (Lipinski definition) is 2. The molecule has 0 fully saturated rings. The summed E-state index contributed by atoms with van der Waals surface area (Å²) < 4.78 is 29.7. The lowest BCUT2D eigenvalue weighted by Crippen LogP contribution is -2.09. The third kappa shape index (κ3) is 4.79. The number of fused-ring (bicyclic) bond motifs is 1. The normalized spacial score (nSPS) is 11.6. The number of benzene rings is 2. The molecule has 0 spiro atoms. The summed E-state index contributed by atoms with van der Waals surface area (Å²) in [5.41, 5.74) is 5.53. The fourth-order valence-corrected chi connectivity index (χ4v) is 4.53. The van der Waals surface area contributed by atoms with Crippen LogP contribution in [0.3, 0.4) is 0 Å². The minimum Gasteiger partial charge on any atom is -0.340 e. The molecule has 2 N–H and O–H groups in total. The van der Waals surface area contributed by atoms with E-state index in [-0.39, 0.29) is 0 Å². The Labute approximate surface area is 197 Å². The predicted octanol–water partition coefficient (Wildman–Crippen LogP) is 4.60. The molecular formula is C25H24N6O2S. The van der Waals surface area contributed by atoms with Crippen LogP contribution in [0.2, 0.25) is 0 Å². The van der Waals surface area contributed by atoms with Gasteiger partial charge in [0, 0.05) is 48.7 Å². The van der Waals surface area contributed by atoms with Gasteiger partial charge in [-0.2, -0.15) is 5.10 Å². The molecule has 5 rings (SSSR count). The number of hydrogen-bond acceptors (Lipinski definition) is 5. The first-order valence-electron chi connectivity index (χ1n) is 10.7. The molecule has 2 aromatic carbocycles. The van der Waals surface area contributed by atoms with Crippen molar-refractivity contribution >= 4 is 38.1 Å². The molecule has 0 unspecified atom stereocenters. The third-order valence-electron chi connectivity index (χ3n) is 5.41. The molecule has 0 saturated carbocycles. The van der Waals surface area contributed by atoms with Crippen LogP contribution in [0.25, 0.3) is 22.2 Å². The van der Waals surface area contributed by atoms with E-state index in [1.165, 1.54) is 5.56 Å². The van der Waals surface area contributed by atoms with Gasteiger partial charge in [-0.3, -0.25) is 9.40 Å². The van der Waals surface area contributed by atoms with Crippen LogP contribution in [-0.2, 0) is 23.6 Å². The molecule has 8 nitrogen and oxygen atoms in total. The molecule has 3 aromatic heterocycles. The van der Waals surface area contributed by atoms with Crippen molar-refractivity contribution in [2.45, 2.75) is 6.54 Å². The SMILES string of the molecule is Cn1cc(-c2cc3cnc(Nc4cccc(NS(C)(=O)=O)c4)cc3n2Cc2ccccc2)cn1. The second kappa shape index (κ2) is 8.68. The molecule has 172 valence electrons. The van der Waals surface area contributed by atoms with Crippen LogP contribution in [0.15, 0.2) is 85.3 Å². The van der Waals surface area contributed by atoms with Gasteiger partial charge in [0.1, 0.15) is 5.82 Å². The zero-order valence-corrected chi connectivity index (χ0v) is 19.6. The summed E-state index contributed by atoms with van der Waals surface area (Å²) in [5.74, 6) is 0.661. The molecule has 0 aliphatic rings. The van der Waals surface area contributed by atoms with E-state index < -0.39 is 10.0 Å². The Hall–Kier alpha value is -4.11. The molecule has 0 radical (unpaired) electrons. The van der Waals surface area contributed by atoms with Crippen molar-refractivity contribution in [3.8, 4) is 11.3 Å². The van der Waals surface area contributed by atoms with Gasteiger partial charge < -0.3 is 9.88 Å². The Morgan fingerprint density at radius 2 is 1.74 bits per heavy atom. The molecule has 0 aliphatic carbocycles. The minimum absolute atomic E-state index is 0.486. The lowest BCUT2D eigenvalue weighted by Gasteiger charge is -2.12. The fourth-order valence-electron chi connectivity index (χ4n) is 3.98. The van der Waals surface area contributed by atoms with Gasteiger partial charge >= 0.3 is 0 Å². The molecule has 0 atom stereocenters. The Bertz CT molecular complexity index is 1570. The predicted molar refractivity (Wildman–Crippen MR) is 136 cm³/mol. The molecule has 0 aliphatic heterocycles. The van der Waals surface area contributed by atoms with Crippen molar-refractivity contribution in [2.75, 3.05) is 16.3 Å². The lowest BCUT2D eigenvalue weighted by atomic mass is 10.2. The van der Waals surface area contributed by atoms with Crippen LogP contribution in [0.5, 0.6) is 0 Å². The van der Waals surface area contributed by atoms with Crippen molar-refractivity contribution in [2.24, 2.45) is 7.05 Å². The Kier molecular flexibility index (Phi) is 5.54. The number of anilines is 3. The summed E-state index contributed by atoms with van der Waals surface area (Å²) in [6.07, 6.45) is 6.84. The number of sulfonamides is 1. The molecule has 3 heterocycles. The molecule has 9 heteroatoms. The number of rotatable bonds is 7. The maximum Gasteiger partial charge on any atom is 0.229 e. The standard InChI is InChI=1S/C25H24N6O2S/c1-30-17-20(15-27-30)23-11-19-14-26-25(13-24(19)31(23)16-18-7-4-3-5-8-18)28-21-9-6-10-22(12-21)29-34(2,32)33/h3-15,17,29H,16H2,1-2H3,(H,26,28). The topological polar surface area (TPSA) is 93.8 Å². The van der Waals surface area contributed by atoms with E-state index in [0.717, 1.165) is 34.1 Å². The number of pyridine rings is 1. The molecule has 5 aromatic rings. The Morgan fingerprint density at radius 3 is 2.47 bits per heavy atom. The van der Waals surface area contributed by atoms with Crippen molar-refractivity contribution in [1.29, 1.82) is 0 Å². The van der Waals surface area contributed by atoms with Crippen molar-refractivity contribution < 1.29 is 8.42 Å². The van der Waals surface area contributed by atoms with Gasteiger partial charge in [-0.05, 0) is 29.8 Å². The first-order valence-corrected chi connectivity index (χ1v) is 12.6. The van der Waals surface area contributed by atoms with Crippen LogP contribution < -0.4 is 10.0 Å². The quantitative estimate of drug-likeness (QED) is 0.361. The smallest absolute Gasteiger partial charge is 0.229 e. The van der Waals surface area contributed by atoms with E-state index in [1.807, 2.05) is 56.0 Å². The maximum atomic E-state index is 11.6. The molecule has 0 saturated heterocycles. The van der Waals surface area contributed by atoms with Gasteiger partial charge in [-0.1, -0.05) is 36.4 Å². The van der Waals surface area contributed by atoms with E-state index in [0.29, 0.717) is 18.1 Å². The summed E-state index contributed by atoms with van der Waals surface area (Å²) in [7, 11) is -1.45. The van der Waals surface area contributed by atoms with E-state index in [2.05, 4.69) is 42.9 Å². The van der Waals surface area contributed by atoms with E-state index in [1.54, 1.807) is 22.9 Å². The molecule has 34 heavy (non-hydrogen) atoms. The van der Waals surface area contributed by atoms with Crippen molar-refractivity contribution in [3.63, 3.8) is 0 Å². The van der Waals surface area contributed by atoms with E-state index >= 15 is 0 Å². The van der Waals surface area contributed by atoms with Crippen LogP contribution in [0, 0.1) is 0 Å². The van der Waals surface area contributed by atoms with Gasteiger partial charge in [0.2, 0.25) is 10.0 Å². The average Bonchev–Trinajstić information content (AvgIpc) is 3.37. The van der Waals surface area contributed by atoms with Crippen LogP contribution in [0.1, 0.15) is 5.56 Å². The van der Waals surface area contributed by atoms with Crippen LogP contribution >= 0.6 is 0 Å². The van der Waals surface area contributed by atoms with Gasteiger partial charge in [-0.15, -0.1) is 0 Å². The lowest BCUT2D eigenvalue weighted by molar-refractivity contribution is 0.607. The number of nitrogens with zero attached hydrogens (tertiary/aromatic N) is 4. The van der Waals surface area contributed by atoms with Gasteiger partial charge in [0.25, 0.3) is 0 Å². The van der Waals surface area contributed by atoms with Crippen molar-refractivity contribution in [3.05, 3.63) is 90.9 Å². The summed E-state index contributed by atoms with van der Waals surface area (Å²) >= 11 is 0. The molecule has 0 bridgehead atoms. The summed E-state index contributed by atoms with van der Waals surface area (Å²) in [6, 6.07) is 21.5. The van der Waals surface area contributed by atoms with Crippen molar-refractivity contribution in [1.82, 2.24) is 19.3 Å². The summed E-state index contributed by atoms with van der Waals surface area (Å²) in [5, 5.41) is 8.66. The van der Waals surface area contributed by atoms with E-state index in [4.69, 9.17) is 0 Å². The number of aromatic nitrogens is 4. The zero-order chi connectivity index (χ0) is 23.7. The highest BCUT2D eigenvalue weighted by molar-refractivity contribution is 7.92. The molecule has 0 amide bonds. The van der Waals surface area contributed by atoms with Gasteiger partial charge in [-0.25, -0.2) is 13.4 Å². The Morgan fingerprint density at radius 1 is 0.941 bits per heavy atom. The highest BCUT2D eigenvalue weighted by Gasteiger charge is 2.14. The van der Waals surface area contributed by atoms with Gasteiger partial charge in [0.15, 0.2) is 0 Å². The maximum absolute atomic E-state index is 11.6. The monoisotopic (exact) mass is 472 g/mol. The first kappa shape index (κ1) is 21.7. The average molecular weight is 473 g/mol. The second-order valence-electron chi connectivity index (χ2n) is 8.21. The number of nitrogens with one attached hydrogen (secondary N) is 2. The first-order chi connectivity index (χ1) is 16.3. The van der Waals surface area contributed by atoms with Crippen LogP contribution in [0.4, 0.5) is 17.2 Å². The largest absolute Gasteiger partial charge is 0.340 e. The zero-order valence-electron chi connectivity index (χ0n) is 18.8. The van der Waals surface area contributed by atoms with Crippen LogP contribution in [-0.4, -0.2) is 34.0 Å². The highest BCUT2D eigenvalue weighted by Crippen LogP contribution is 2.31. The highest BCUT2D eigenvalue weighted by atomic mass is 32.2. The van der Waals surface area contributed by atoms with Gasteiger partial charge in [0.05, 0.1) is 29.4 Å². The summed E-state index contributed by atoms with van der Waals surface area (Å²) in [6.45, 7) is 0.700. The number of aryl methyl sites for hydroxylation is 1. The summed E-state index contributed by atoms with van der Waals surface area (Å²) in [4.78, 5) is 4.58. The molecular weight excluding hydrogens is 448 g/mol. The second-order valence-corrected chi connectivity index (χ2v) is 9.96. The van der Waals surface area contributed by atoms with E-state index in [9.17, 15) is 8.42 Å². The Balaban J connectivity index is 1.54. The fraction of sp³-hybridized carbons (Fsp3) is 0.120. The third-order valence-corrected chi connectivity index (χ3v) is 6.01.